The molecule has 0 aromatic heterocycles. The summed E-state index contributed by atoms with van der Waals surface area (Å²) in [5, 5.41) is 0. The van der Waals surface area contributed by atoms with E-state index in [0.29, 0.717) is 5.56 Å². The lowest BCUT2D eigenvalue weighted by atomic mass is 10.0. The van der Waals surface area contributed by atoms with Crippen LogP contribution in [0.25, 0.3) is 0 Å². The number of aryl methyl sites for hydroxylation is 1. The molecule has 1 aromatic rings. The molecule has 0 unspecified atom stereocenters. The molecule has 0 aliphatic carbocycles. The van der Waals surface area contributed by atoms with Crippen LogP contribution >= 0.6 is 0 Å². The van der Waals surface area contributed by atoms with Crippen LogP contribution in [0.4, 0.5) is 0 Å². The third-order valence-corrected chi connectivity index (χ3v) is 2.78. The highest BCUT2D eigenvalue weighted by molar-refractivity contribution is 6.20. The maximum atomic E-state index is 11.1. The molecule has 0 aliphatic rings. The second-order valence-corrected chi connectivity index (χ2v) is 3.70. The van der Waals surface area contributed by atoms with E-state index in [2.05, 4.69) is 0 Å². The summed E-state index contributed by atoms with van der Waals surface area (Å²) >= 11 is 0. The van der Waals surface area contributed by atoms with Crippen LogP contribution in [0.15, 0.2) is 18.2 Å². The first-order valence-electron chi connectivity index (χ1n) is 5.29. The Morgan fingerprint density at radius 2 is 1.83 bits per heavy atom. The normalized spacial score (nSPS) is 11.1. The summed E-state index contributed by atoms with van der Waals surface area (Å²) < 4.78 is 15.2. The SMILES string of the molecule is COC(OC)(OC(=O)[C]=O)c1cccc(C)c1C. The zero-order chi connectivity index (χ0) is 13.8. The first kappa shape index (κ1) is 14.3. The van der Waals surface area contributed by atoms with E-state index in [1.165, 1.54) is 14.2 Å². The number of ether oxygens (including phenoxy) is 3. The molecule has 0 N–H and O–H groups in total. The molecule has 0 heterocycles. The predicted molar refractivity (Wildman–Crippen MR) is 63.4 cm³/mol. The standard InChI is InChI=1S/C13H15O5/c1-9-6-5-7-11(10(9)2)13(16-3,17-4)18-12(15)8-14/h5-7H,1-4H3. The molecule has 97 valence electrons. The van der Waals surface area contributed by atoms with E-state index in [-0.39, 0.29) is 0 Å². The molecule has 0 aliphatic heterocycles. The zero-order valence-corrected chi connectivity index (χ0v) is 10.8. The molecule has 0 spiro atoms. The molecular weight excluding hydrogens is 236 g/mol. The van der Waals surface area contributed by atoms with Crippen molar-refractivity contribution in [3.63, 3.8) is 0 Å². The van der Waals surface area contributed by atoms with E-state index < -0.39 is 11.9 Å². The van der Waals surface area contributed by atoms with Gasteiger partial charge in [-0.05, 0) is 31.0 Å². The lowest BCUT2D eigenvalue weighted by molar-refractivity contribution is -0.353. The fourth-order valence-corrected chi connectivity index (χ4v) is 1.67. The van der Waals surface area contributed by atoms with Crippen molar-refractivity contribution < 1.29 is 23.8 Å². The molecule has 0 amide bonds. The zero-order valence-electron chi connectivity index (χ0n) is 10.8. The monoisotopic (exact) mass is 251 g/mol. The number of benzene rings is 1. The van der Waals surface area contributed by atoms with E-state index in [1.807, 2.05) is 19.9 Å². The van der Waals surface area contributed by atoms with Crippen molar-refractivity contribution in [1.29, 1.82) is 0 Å². The van der Waals surface area contributed by atoms with Crippen molar-refractivity contribution >= 4 is 12.3 Å². The van der Waals surface area contributed by atoms with E-state index in [0.717, 1.165) is 17.4 Å². The lowest BCUT2D eigenvalue weighted by Crippen LogP contribution is -2.37. The Morgan fingerprint density at radius 1 is 1.22 bits per heavy atom. The Balaban J connectivity index is 3.30. The average molecular weight is 251 g/mol. The van der Waals surface area contributed by atoms with Crippen LogP contribution in [0.1, 0.15) is 16.7 Å². The Morgan fingerprint density at radius 3 is 2.33 bits per heavy atom. The second kappa shape index (κ2) is 5.75. The first-order chi connectivity index (χ1) is 8.50. The minimum atomic E-state index is -1.73. The fourth-order valence-electron chi connectivity index (χ4n) is 1.67. The van der Waals surface area contributed by atoms with Gasteiger partial charge in [0, 0.05) is 14.2 Å². The molecule has 5 heteroatoms. The van der Waals surface area contributed by atoms with Crippen LogP contribution in [-0.4, -0.2) is 26.5 Å². The van der Waals surface area contributed by atoms with Crippen molar-refractivity contribution in [2.45, 2.75) is 19.8 Å². The molecule has 18 heavy (non-hydrogen) atoms. The number of hydrogen-bond donors (Lipinski definition) is 0. The third-order valence-electron chi connectivity index (χ3n) is 2.78. The highest BCUT2D eigenvalue weighted by Gasteiger charge is 2.39. The molecular formula is C13H15O5. The molecule has 0 bridgehead atoms. The van der Waals surface area contributed by atoms with Crippen molar-refractivity contribution in [2.75, 3.05) is 14.2 Å². The van der Waals surface area contributed by atoms with Crippen molar-refractivity contribution in [1.82, 2.24) is 0 Å². The Labute approximate surface area is 106 Å². The van der Waals surface area contributed by atoms with Gasteiger partial charge in [0.25, 0.3) is 0 Å². The topological polar surface area (TPSA) is 61.8 Å². The molecule has 1 rings (SSSR count). The molecule has 1 aromatic carbocycles. The lowest BCUT2D eigenvalue weighted by Gasteiger charge is -2.30. The third kappa shape index (κ3) is 2.57. The quantitative estimate of drug-likeness (QED) is 0.449. The molecule has 5 nitrogen and oxygen atoms in total. The van der Waals surface area contributed by atoms with E-state index >= 15 is 0 Å². The molecule has 0 fully saturated rings. The summed E-state index contributed by atoms with van der Waals surface area (Å²) in [6, 6.07) is 5.39. The molecule has 0 saturated carbocycles. The maximum absolute atomic E-state index is 11.1. The highest BCUT2D eigenvalue weighted by atomic mass is 16.9. The predicted octanol–water partition coefficient (Wildman–Crippen LogP) is 1.36. The van der Waals surface area contributed by atoms with Gasteiger partial charge in [-0.2, -0.15) is 0 Å². The summed E-state index contributed by atoms with van der Waals surface area (Å²) in [6.45, 7) is 3.75. The maximum Gasteiger partial charge on any atom is 0.388 e. The molecule has 0 atom stereocenters. The van der Waals surface area contributed by atoms with Crippen LogP contribution in [0.2, 0.25) is 0 Å². The van der Waals surface area contributed by atoms with Gasteiger partial charge in [0.2, 0.25) is 0 Å². The Bertz CT molecular complexity index is 449. The van der Waals surface area contributed by atoms with Gasteiger partial charge in [-0.15, -0.1) is 0 Å². The first-order valence-corrected chi connectivity index (χ1v) is 5.29. The number of carbonyl (C=O) groups is 1. The van der Waals surface area contributed by atoms with Crippen LogP contribution in [0, 0.1) is 13.8 Å². The van der Waals surface area contributed by atoms with Gasteiger partial charge in [-0.1, -0.05) is 12.1 Å². The van der Waals surface area contributed by atoms with Gasteiger partial charge < -0.3 is 14.2 Å². The van der Waals surface area contributed by atoms with Crippen molar-refractivity contribution in [3.05, 3.63) is 34.9 Å². The Hall–Kier alpha value is -1.72. The molecule has 0 saturated heterocycles. The second-order valence-electron chi connectivity index (χ2n) is 3.70. The molecule has 1 radical (unpaired) electrons. The van der Waals surface area contributed by atoms with Crippen LogP contribution < -0.4 is 0 Å². The van der Waals surface area contributed by atoms with Crippen molar-refractivity contribution in [2.24, 2.45) is 0 Å². The minimum Gasteiger partial charge on any atom is -0.397 e. The van der Waals surface area contributed by atoms with Gasteiger partial charge in [-0.3, -0.25) is 4.79 Å². The van der Waals surface area contributed by atoms with E-state index in [4.69, 9.17) is 14.2 Å². The average Bonchev–Trinajstić information content (AvgIpc) is 2.39. The Kier molecular flexibility index (Phi) is 4.58. The van der Waals surface area contributed by atoms with Crippen LogP contribution in [0.5, 0.6) is 0 Å². The van der Waals surface area contributed by atoms with Gasteiger partial charge >= 0.3 is 18.2 Å². The fraction of sp³-hybridized carbons (Fsp3) is 0.385. The summed E-state index contributed by atoms with van der Waals surface area (Å²) in [7, 11) is 2.65. The number of hydrogen-bond acceptors (Lipinski definition) is 5. The van der Waals surface area contributed by atoms with Gasteiger partial charge in [-0.25, -0.2) is 4.79 Å². The van der Waals surface area contributed by atoms with Crippen LogP contribution in [-0.2, 0) is 29.8 Å². The minimum absolute atomic E-state index is 0.524. The van der Waals surface area contributed by atoms with Gasteiger partial charge in [0.15, 0.2) is 0 Å². The smallest absolute Gasteiger partial charge is 0.388 e. The number of methoxy groups -OCH3 is 2. The summed E-state index contributed by atoms with van der Waals surface area (Å²) in [5.74, 6) is -2.91. The van der Waals surface area contributed by atoms with Gasteiger partial charge in [0.1, 0.15) is 0 Å². The highest BCUT2D eigenvalue weighted by Crippen LogP contribution is 2.31. The summed E-state index contributed by atoms with van der Waals surface area (Å²) in [6.07, 6.45) is 1.12. The summed E-state index contributed by atoms with van der Waals surface area (Å²) in [5.41, 5.74) is 2.35. The number of esters is 1. The number of carbonyl (C=O) groups excluding carboxylic acids is 2. The van der Waals surface area contributed by atoms with Gasteiger partial charge in [0.05, 0.1) is 5.56 Å². The van der Waals surface area contributed by atoms with Crippen LogP contribution in [0.3, 0.4) is 0 Å². The largest absolute Gasteiger partial charge is 0.397 e. The van der Waals surface area contributed by atoms with Crippen molar-refractivity contribution in [3.8, 4) is 0 Å². The van der Waals surface area contributed by atoms with E-state index in [1.54, 1.807) is 12.1 Å². The summed E-state index contributed by atoms with van der Waals surface area (Å²) in [4.78, 5) is 21.4. The number of rotatable bonds is 5. The van der Waals surface area contributed by atoms with E-state index in [9.17, 15) is 9.59 Å².